The topological polar surface area (TPSA) is 65.8 Å². The Bertz CT molecular complexity index is 1150. The standard InChI is InChI=1S/C19H25NO3.C9H7N/c1-17(22)7-6-11-10-13-12-4-5-14(21)18(2)19(12,8-9-20(13)3)15(11)16(17)23-18;1-2-6-9-8(4-1)5-3-7-10-9/h4-6,12-14,21-22H,7-10H2,1-3H3;1-7H/t12-,13+,14-,17?,18-,19-;/m0./s1. The minimum Gasteiger partial charge on any atom is -0.485 e. The van der Waals surface area contributed by atoms with Gasteiger partial charge in [-0.2, -0.15) is 0 Å². The highest BCUT2D eigenvalue weighted by molar-refractivity contribution is 5.77. The second-order valence-corrected chi connectivity index (χ2v) is 10.6. The molecule has 0 radical (unpaired) electrons. The smallest absolute Gasteiger partial charge is 0.146 e. The van der Waals surface area contributed by atoms with Crippen LogP contribution in [0.1, 0.15) is 33.1 Å². The van der Waals surface area contributed by atoms with E-state index in [2.05, 4.69) is 41.2 Å². The van der Waals surface area contributed by atoms with Crippen LogP contribution in [0.25, 0.3) is 10.9 Å². The quantitative estimate of drug-likeness (QED) is 0.602. The van der Waals surface area contributed by atoms with Gasteiger partial charge in [0.05, 0.1) is 10.9 Å². The zero-order chi connectivity index (χ0) is 23.0. The van der Waals surface area contributed by atoms with Gasteiger partial charge in [-0.3, -0.25) is 4.98 Å². The molecule has 2 N–H and O–H groups in total. The number of nitrogens with zero attached hydrogens (tertiary/aromatic N) is 2. The second kappa shape index (κ2) is 7.02. The van der Waals surface area contributed by atoms with Crippen molar-refractivity contribution in [2.45, 2.75) is 56.5 Å². The molecule has 172 valence electrons. The summed E-state index contributed by atoms with van der Waals surface area (Å²) in [6.45, 7) is 4.90. The zero-order valence-electron chi connectivity index (χ0n) is 19.5. The molecule has 1 aromatic heterocycles. The Balaban J connectivity index is 0.000000173. The molecule has 7 rings (SSSR count). The minimum absolute atomic E-state index is 0.206. The van der Waals surface area contributed by atoms with Crippen LogP contribution in [0.5, 0.6) is 0 Å². The van der Waals surface area contributed by atoms with Crippen LogP contribution in [0.15, 0.2) is 77.7 Å². The number of aliphatic hydroxyl groups excluding tert-OH is 1. The van der Waals surface area contributed by atoms with E-state index in [1.807, 2.05) is 50.4 Å². The van der Waals surface area contributed by atoms with Crippen LogP contribution >= 0.6 is 0 Å². The average Bonchev–Trinajstić information content (AvgIpc) is 3.10. The number of ether oxygens (including phenoxy) is 1. The SMILES string of the molecule is CN1CC[C@]23C4=C5O[C@@]2(C)[C@@H](O)C=C[C@H]3[C@H]1CC4=CCC5(C)O.c1ccc2ncccc2c1. The zero-order valence-corrected chi connectivity index (χ0v) is 19.5. The van der Waals surface area contributed by atoms with Crippen molar-refractivity contribution < 1.29 is 14.9 Å². The number of hydrogen-bond acceptors (Lipinski definition) is 5. The fourth-order valence-electron chi connectivity index (χ4n) is 7.03. The normalized spacial score (nSPS) is 40.5. The van der Waals surface area contributed by atoms with Crippen LogP contribution in [0.4, 0.5) is 0 Å². The lowest BCUT2D eigenvalue weighted by molar-refractivity contribution is -0.166. The fourth-order valence-corrected chi connectivity index (χ4v) is 7.03. The number of para-hydroxylation sites is 1. The van der Waals surface area contributed by atoms with Crippen LogP contribution in [-0.2, 0) is 4.74 Å². The monoisotopic (exact) mass is 444 g/mol. The average molecular weight is 445 g/mol. The van der Waals surface area contributed by atoms with Crippen molar-refractivity contribution in [1.29, 1.82) is 0 Å². The number of benzene rings is 1. The maximum absolute atomic E-state index is 10.9. The van der Waals surface area contributed by atoms with Gasteiger partial charge in [-0.1, -0.05) is 42.5 Å². The van der Waals surface area contributed by atoms with E-state index in [1.54, 1.807) is 0 Å². The van der Waals surface area contributed by atoms with Gasteiger partial charge in [0, 0.05) is 35.5 Å². The Hall–Kier alpha value is -2.47. The predicted octanol–water partition coefficient (Wildman–Crippen LogP) is 3.99. The van der Waals surface area contributed by atoms with E-state index in [9.17, 15) is 10.2 Å². The van der Waals surface area contributed by atoms with Crippen molar-refractivity contribution >= 4 is 10.9 Å². The van der Waals surface area contributed by atoms with Crippen LogP contribution in [0.2, 0.25) is 0 Å². The van der Waals surface area contributed by atoms with Crippen LogP contribution in [0.3, 0.4) is 0 Å². The first-order valence-electron chi connectivity index (χ1n) is 12.0. The number of likely N-dealkylation sites (tertiary alicyclic amines) is 1. The molecule has 2 aliphatic heterocycles. The fraction of sp³-hybridized carbons (Fsp3) is 0.464. The molecule has 2 aromatic rings. The minimum atomic E-state index is -0.964. The third-order valence-electron chi connectivity index (χ3n) is 8.84. The van der Waals surface area contributed by atoms with Crippen molar-refractivity contribution in [2.24, 2.45) is 11.3 Å². The molecule has 1 aromatic carbocycles. The number of hydrogen-bond donors (Lipinski definition) is 2. The summed E-state index contributed by atoms with van der Waals surface area (Å²) >= 11 is 0. The largest absolute Gasteiger partial charge is 0.485 e. The van der Waals surface area contributed by atoms with Crippen LogP contribution in [0, 0.1) is 11.3 Å². The Morgan fingerprint density at radius 1 is 1.12 bits per heavy atom. The molecular formula is C28H32N2O3. The number of aliphatic hydroxyl groups is 2. The lowest BCUT2D eigenvalue weighted by atomic mass is 9.47. The predicted molar refractivity (Wildman–Crippen MR) is 128 cm³/mol. The van der Waals surface area contributed by atoms with E-state index in [0.717, 1.165) is 30.7 Å². The molecule has 33 heavy (non-hydrogen) atoms. The van der Waals surface area contributed by atoms with Gasteiger partial charge in [-0.05, 0) is 58.0 Å². The molecule has 6 atom stereocenters. The van der Waals surface area contributed by atoms with E-state index >= 15 is 0 Å². The molecule has 0 amide bonds. The van der Waals surface area contributed by atoms with Crippen molar-refractivity contribution in [3.63, 3.8) is 0 Å². The third-order valence-corrected chi connectivity index (χ3v) is 8.84. The maximum Gasteiger partial charge on any atom is 0.146 e. The van der Waals surface area contributed by atoms with Crippen molar-refractivity contribution in [3.05, 3.63) is 77.7 Å². The van der Waals surface area contributed by atoms with Crippen LogP contribution in [-0.4, -0.2) is 57.0 Å². The second-order valence-electron chi connectivity index (χ2n) is 10.6. The Morgan fingerprint density at radius 2 is 1.91 bits per heavy atom. The molecule has 2 bridgehead atoms. The summed E-state index contributed by atoms with van der Waals surface area (Å²) in [5, 5.41) is 22.9. The van der Waals surface area contributed by atoms with E-state index < -0.39 is 17.3 Å². The Labute approximate surface area is 195 Å². The summed E-state index contributed by atoms with van der Waals surface area (Å²) in [6, 6.07) is 12.5. The molecule has 1 spiro atoms. The first-order valence-corrected chi connectivity index (χ1v) is 12.0. The van der Waals surface area contributed by atoms with Gasteiger partial charge >= 0.3 is 0 Å². The molecule has 1 saturated heterocycles. The highest BCUT2D eigenvalue weighted by atomic mass is 16.5. The molecule has 3 aliphatic carbocycles. The van der Waals surface area contributed by atoms with Crippen molar-refractivity contribution in [2.75, 3.05) is 13.6 Å². The van der Waals surface area contributed by atoms with Crippen LogP contribution < -0.4 is 0 Å². The summed E-state index contributed by atoms with van der Waals surface area (Å²) < 4.78 is 6.45. The summed E-state index contributed by atoms with van der Waals surface area (Å²) in [5.41, 5.74) is 1.77. The lowest BCUT2D eigenvalue weighted by Crippen LogP contribution is -2.67. The number of rotatable bonds is 0. The molecule has 5 heteroatoms. The molecule has 3 heterocycles. The van der Waals surface area contributed by atoms with Crippen molar-refractivity contribution in [3.8, 4) is 0 Å². The highest BCUT2D eigenvalue weighted by Crippen LogP contribution is 2.69. The Morgan fingerprint density at radius 3 is 2.73 bits per heavy atom. The molecule has 5 nitrogen and oxygen atoms in total. The Kier molecular flexibility index (Phi) is 4.48. The van der Waals surface area contributed by atoms with Gasteiger partial charge in [0.15, 0.2) is 0 Å². The van der Waals surface area contributed by atoms with Crippen molar-refractivity contribution in [1.82, 2.24) is 9.88 Å². The molecule has 1 unspecified atom stereocenters. The number of pyridine rings is 1. The maximum atomic E-state index is 10.9. The number of piperidine rings is 1. The summed E-state index contributed by atoms with van der Waals surface area (Å²) in [5.74, 6) is 1.07. The first-order chi connectivity index (χ1) is 15.8. The van der Waals surface area contributed by atoms with Gasteiger partial charge < -0.3 is 19.8 Å². The first kappa shape index (κ1) is 21.1. The summed E-state index contributed by atoms with van der Waals surface area (Å²) in [6.07, 6.45) is 10.1. The summed E-state index contributed by atoms with van der Waals surface area (Å²) in [4.78, 5) is 6.64. The summed E-state index contributed by atoms with van der Waals surface area (Å²) in [7, 11) is 2.21. The molecule has 1 saturated carbocycles. The van der Waals surface area contributed by atoms with Gasteiger partial charge in [0.1, 0.15) is 23.1 Å². The van der Waals surface area contributed by atoms with Gasteiger partial charge in [0.25, 0.3) is 0 Å². The van der Waals surface area contributed by atoms with E-state index in [4.69, 9.17) is 4.74 Å². The molecule has 2 fully saturated rings. The van der Waals surface area contributed by atoms with E-state index in [-0.39, 0.29) is 5.41 Å². The van der Waals surface area contributed by atoms with E-state index in [1.165, 1.54) is 16.5 Å². The molecule has 5 aliphatic rings. The lowest BCUT2D eigenvalue weighted by Gasteiger charge is -2.61. The third kappa shape index (κ3) is 2.73. The number of fused-ring (bicyclic) bond motifs is 1. The number of aromatic nitrogens is 1. The van der Waals surface area contributed by atoms with E-state index in [0.29, 0.717) is 18.4 Å². The van der Waals surface area contributed by atoms with Gasteiger partial charge in [-0.15, -0.1) is 0 Å². The molecular weight excluding hydrogens is 412 g/mol. The van der Waals surface area contributed by atoms with Gasteiger partial charge in [-0.25, -0.2) is 0 Å². The highest BCUT2D eigenvalue weighted by Gasteiger charge is 2.72. The van der Waals surface area contributed by atoms with Gasteiger partial charge in [0.2, 0.25) is 0 Å².